The standard InChI is InChI=1S/C13H15N2O.Li.H2O/c1-14(2)7-8-15-6-5-12-9-11(10-16)3-4-13(12)15;;/h3-6,9H,7-8H2,1-2H3;;1H2/q-1;+1;/p-1. The van der Waals surface area contributed by atoms with E-state index in [9.17, 15) is 4.79 Å². The Morgan fingerprint density at radius 3 is 2.61 bits per heavy atom. The molecule has 4 nitrogen and oxygen atoms in total. The molecule has 0 amide bonds. The molecule has 92 valence electrons. The number of aromatic nitrogens is 1. The SMILES string of the molecule is CN(C)CCn1ccc2cc([C-]=O)ccc21.[Li+].[OH-]. The van der Waals surface area contributed by atoms with Crippen LogP contribution in [0.15, 0.2) is 30.5 Å². The first kappa shape index (κ1) is 16.9. The molecular weight excluding hydrogens is 223 g/mol. The summed E-state index contributed by atoms with van der Waals surface area (Å²) in [5.74, 6) is 0. The Kier molecular flexibility index (Phi) is 6.96. The Bertz CT molecular complexity index is 509. The van der Waals surface area contributed by atoms with Gasteiger partial charge in [0.05, 0.1) is 6.29 Å². The van der Waals surface area contributed by atoms with E-state index >= 15 is 0 Å². The Morgan fingerprint density at radius 1 is 1.28 bits per heavy atom. The third-order valence-electron chi connectivity index (χ3n) is 2.68. The minimum absolute atomic E-state index is 0. The summed E-state index contributed by atoms with van der Waals surface area (Å²) in [6.45, 7) is 1.96. The van der Waals surface area contributed by atoms with Crippen molar-refractivity contribution in [2.75, 3.05) is 20.6 Å². The van der Waals surface area contributed by atoms with Crippen molar-refractivity contribution in [3.63, 3.8) is 0 Å². The molecule has 0 aliphatic heterocycles. The smallest absolute Gasteiger partial charge is 0.870 e. The summed E-state index contributed by atoms with van der Waals surface area (Å²) in [6, 6.07) is 7.69. The number of hydrogen-bond donors (Lipinski definition) is 0. The topological polar surface area (TPSA) is 55.2 Å². The van der Waals surface area contributed by atoms with E-state index in [1.54, 1.807) is 0 Å². The zero-order valence-electron chi connectivity index (χ0n) is 11.1. The number of likely N-dealkylation sites (N-methyl/N-ethyl adjacent to an activating group) is 1. The van der Waals surface area contributed by atoms with Crippen LogP contribution in [0.1, 0.15) is 5.56 Å². The van der Waals surface area contributed by atoms with Crippen LogP contribution in [0.25, 0.3) is 10.9 Å². The molecule has 1 aromatic carbocycles. The zero-order valence-corrected chi connectivity index (χ0v) is 11.1. The average molecular weight is 239 g/mol. The van der Waals surface area contributed by atoms with Crippen LogP contribution < -0.4 is 18.9 Å². The van der Waals surface area contributed by atoms with Crippen molar-refractivity contribution in [3.8, 4) is 0 Å². The first-order valence-electron chi connectivity index (χ1n) is 5.32. The molecule has 0 aliphatic carbocycles. The van der Waals surface area contributed by atoms with Crippen LogP contribution in [0, 0.1) is 0 Å². The van der Waals surface area contributed by atoms with Crippen molar-refractivity contribution in [1.29, 1.82) is 0 Å². The van der Waals surface area contributed by atoms with E-state index in [0.29, 0.717) is 5.56 Å². The minimum atomic E-state index is 0. The monoisotopic (exact) mass is 239 g/mol. The van der Waals surface area contributed by atoms with Gasteiger partial charge in [-0.1, -0.05) is 11.5 Å². The molecule has 5 heteroatoms. The quantitative estimate of drug-likeness (QED) is 0.481. The first-order chi connectivity index (χ1) is 7.70. The van der Waals surface area contributed by atoms with Gasteiger partial charge in [-0.2, -0.15) is 17.7 Å². The summed E-state index contributed by atoms with van der Waals surface area (Å²) >= 11 is 0. The second-order valence-electron chi connectivity index (χ2n) is 4.19. The van der Waals surface area contributed by atoms with Crippen molar-refractivity contribution in [2.45, 2.75) is 6.54 Å². The molecule has 0 radical (unpaired) electrons. The first-order valence-corrected chi connectivity index (χ1v) is 5.32. The molecule has 1 aromatic heterocycles. The molecule has 0 bridgehead atoms. The van der Waals surface area contributed by atoms with Gasteiger partial charge in [0, 0.05) is 24.8 Å². The van der Waals surface area contributed by atoms with Gasteiger partial charge in [-0.25, -0.2) is 0 Å². The van der Waals surface area contributed by atoms with Crippen LogP contribution in [0.4, 0.5) is 0 Å². The fourth-order valence-electron chi connectivity index (χ4n) is 1.77. The van der Waals surface area contributed by atoms with E-state index in [1.807, 2.05) is 30.6 Å². The van der Waals surface area contributed by atoms with E-state index in [0.717, 1.165) is 18.5 Å². The molecule has 2 rings (SSSR count). The molecule has 0 saturated heterocycles. The maximum Gasteiger partial charge on any atom is 1.00 e. The second-order valence-corrected chi connectivity index (χ2v) is 4.19. The van der Waals surface area contributed by atoms with Crippen molar-refractivity contribution < 1.29 is 29.1 Å². The van der Waals surface area contributed by atoms with Crippen LogP contribution in [-0.2, 0) is 11.3 Å². The Hall–Kier alpha value is -1.05. The van der Waals surface area contributed by atoms with E-state index in [4.69, 9.17) is 0 Å². The number of hydrogen-bond acceptors (Lipinski definition) is 3. The number of rotatable bonds is 4. The van der Waals surface area contributed by atoms with Crippen molar-refractivity contribution in [2.24, 2.45) is 0 Å². The van der Waals surface area contributed by atoms with Crippen molar-refractivity contribution in [1.82, 2.24) is 9.47 Å². The van der Waals surface area contributed by atoms with Crippen molar-refractivity contribution in [3.05, 3.63) is 36.0 Å². The van der Waals surface area contributed by atoms with E-state index in [1.165, 1.54) is 5.52 Å². The van der Waals surface area contributed by atoms with Gasteiger partial charge in [0.2, 0.25) is 0 Å². The average Bonchev–Trinajstić information content (AvgIpc) is 2.68. The third kappa shape index (κ3) is 3.72. The van der Waals surface area contributed by atoms with Gasteiger partial charge >= 0.3 is 18.9 Å². The molecule has 18 heavy (non-hydrogen) atoms. The number of carbonyl (C=O) groups excluding carboxylic acids is 1. The van der Waals surface area contributed by atoms with Crippen LogP contribution in [0.5, 0.6) is 0 Å². The van der Waals surface area contributed by atoms with Crippen LogP contribution in [0.3, 0.4) is 0 Å². The molecule has 0 aliphatic rings. The Morgan fingerprint density at radius 2 is 2.00 bits per heavy atom. The van der Waals surface area contributed by atoms with Gasteiger partial charge in [-0.3, -0.25) is 0 Å². The number of benzene rings is 1. The molecule has 1 N–H and O–H groups in total. The molecule has 0 unspecified atom stereocenters. The van der Waals surface area contributed by atoms with E-state index in [-0.39, 0.29) is 24.3 Å². The maximum atomic E-state index is 10.5. The van der Waals surface area contributed by atoms with Crippen LogP contribution >= 0.6 is 0 Å². The molecule has 1 heterocycles. The van der Waals surface area contributed by atoms with Gasteiger partial charge in [-0.15, -0.1) is 0 Å². The summed E-state index contributed by atoms with van der Waals surface area (Å²) in [6.07, 6.45) is 3.97. The van der Waals surface area contributed by atoms with Crippen molar-refractivity contribution >= 4 is 17.2 Å². The minimum Gasteiger partial charge on any atom is -0.870 e. The Balaban J connectivity index is 0.00000144. The number of nitrogens with zero attached hydrogens (tertiary/aromatic N) is 2. The largest absolute Gasteiger partial charge is 1.00 e. The zero-order chi connectivity index (χ0) is 11.5. The molecule has 0 atom stereocenters. The molecule has 2 aromatic rings. The van der Waals surface area contributed by atoms with E-state index in [2.05, 4.69) is 29.8 Å². The summed E-state index contributed by atoms with van der Waals surface area (Å²) in [5.41, 5.74) is 1.78. The molecule has 0 fully saturated rings. The molecule has 0 saturated carbocycles. The molecule has 0 spiro atoms. The second kappa shape index (κ2) is 7.40. The molecular formula is C13H16LiN2O2-. The van der Waals surface area contributed by atoms with Gasteiger partial charge in [0.1, 0.15) is 0 Å². The summed E-state index contributed by atoms with van der Waals surface area (Å²) < 4.78 is 2.20. The van der Waals surface area contributed by atoms with E-state index < -0.39 is 0 Å². The Labute approximate surface area is 119 Å². The number of fused-ring (bicyclic) bond motifs is 1. The summed E-state index contributed by atoms with van der Waals surface area (Å²) in [4.78, 5) is 12.7. The summed E-state index contributed by atoms with van der Waals surface area (Å²) in [7, 11) is 4.12. The predicted octanol–water partition coefficient (Wildman–Crippen LogP) is -1.51. The predicted molar refractivity (Wildman–Crippen MR) is 67.2 cm³/mol. The fourth-order valence-corrected chi connectivity index (χ4v) is 1.77. The summed E-state index contributed by atoms with van der Waals surface area (Å²) in [5, 5.41) is 1.10. The maximum absolute atomic E-state index is 10.5. The van der Waals surface area contributed by atoms with Gasteiger partial charge in [0.25, 0.3) is 0 Å². The van der Waals surface area contributed by atoms with Gasteiger partial charge < -0.3 is 19.7 Å². The normalized spacial score (nSPS) is 9.94. The fraction of sp³-hybridized carbons (Fsp3) is 0.308. The third-order valence-corrected chi connectivity index (χ3v) is 2.68. The van der Waals surface area contributed by atoms with Crippen LogP contribution in [-0.4, -0.2) is 41.9 Å². The van der Waals surface area contributed by atoms with Gasteiger partial charge in [-0.05, 0) is 20.2 Å². The van der Waals surface area contributed by atoms with Crippen LogP contribution in [0.2, 0.25) is 0 Å². The van der Waals surface area contributed by atoms with Gasteiger partial charge in [0.15, 0.2) is 0 Å².